The van der Waals surface area contributed by atoms with E-state index in [1.807, 2.05) is 6.07 Å². The lowest BCUT2D eigenvalue weighted by Gasteiger charge is -2.04. The van der Waals surface area contributed by atoms with E-state index in [1.54, 1.807) is 6.07 Å². The quantitative estimate of drug-likeness (QED) is 0.797. The first-order valence-corrected chi connectivity index (χ1v) is 5.13. The highest BCUT2D eigenvalue weighted by Gasteiger charge is 2.08. The molecule has 0 aliphatic carbocycles. The van der Waals surface area contributed by atoms with Crippen LogP contribution in [0.15, 0.2) is 16.9 Å². The van der Waals surface area contributed by atoms with Gasteiger partial charge in [0.2, 0.25) is 0 Å². The summed E-state index contributed by atoms with van der Waals surface area (Å²) in [6.07, 6.45) is 0.851. The molecule has 2 heterocycles. The van der Waals surface area contributed by atoms with Crippen LogP contribution >= 0.6 is 0 Å². The Bertz CT molecular complexity index is 514. The summed E-state index contributed by atoms with van der Waals surface area (Å²) in [6, 6.07) is 3.62. The van der Waals surface area contributed by atoms with Gasteiger partial charge in [0.05, 0.1) is 5.56 Å². The molecule has 0 spiro atoms. The molecule has 6 nitrogen and oxygen atoms in total. The molecule has 16 heavy (non-hydrogen) atoms. The largest absolute Gasteiger partial charge is 0.326 e. The average molecular weight is 219 g/mol. The molecular formula is C10H13N5O. The predicted octanol–water partition coefficient (Wildman–Crippen LogP) is 0.753. The van der Waals surface area contributed by atoms with Crippen molar-refractivity contribution in [2.75, 3.05) is 0 Å². The lowest BCUT2D eigenvalue weighted by molar-refractivity contribution is 0.634. The number of tetrazole rings is 1. The first kappa shape index (κ1) is 10.5. The molecule has 6 heteroatoms. The Kier molecular flexibility index (Phi) is 2.80. The zero-order chi connectivity index (χ0) is 11.5. The van der Waals surface area contributed by atoms with Gasteiger partial charge in [0.25, 0.3) is 5.56 Å². The number of hydrogen-bond acceptors (Lipinski definition) is 4. The van der Waals surface area contributed by atoms with Crippen LogP contribution in [0, 0.1) is 5.92 Å². The van der Waals surface area contributed by atoms with Gasteiger partial charge >= 0.3 is 0 Å². The number of hydrogen-bond donors (Lipinski definition) is 2. The van der Waals surface area contributed by atoms with Crippen molar-refractivity contribution in [3.05, 3.63) is 28.2 Å². The second-order valence-electron chi connectivity index (χ2n) is 4.07. The van der Waals surface area contributed by atoms with Gasteiger partial charge in [0.15, 0.2) is 5.82 Å². The highest BCUT2D eigenvalue weighted by Crippen LogP contribution is 2.09. The van der Waals surface area contributed by atoms with Crippen LogP contribution in [0.3, 0.4) is 0 Å². The van der Waals surface area contributed by atoms with Crippen LogP contribution in [-0.4, -0.2) is 25.6 Å². The highest BCUT2D eigenvalue weighted by atomic mass is 16.1. The van der Waals surface area contributed by atoms with Crippen LogP contribution in [0.25, 0.3) is 11.4 Å². The maximum atomic E-state index is 11.7. The molecule has 2 rings (SSSR count). The standard InChI is InChI=1S/C10H13N5O/c1-6(2)5-7-3-4-8(10(16)11-7)9-12-14-15-13-9/h3-4,6H,5H2,1-2H3,(H,11,16)(H,12,13,14,15). The summed E-state index contributed by atoms with van der Waals surface area (Å²) in [5.74, 6) is 0.894. The molecule has 0 aromatic carbocycles. The molecule has 0 aliphatic heterocycles. The number of pyridine rings is 1. The number of nitrogens with one attached hydrogen (secondary N) is 2. The van der Waals surface area contributed by atoms with E-state index in [9.17, 15) is 4.79 Å². The van der Waals surface area contributed by atoms with Gasteiger partial charge in [-0.15, -0.1) is 5.10 Å². The van der Waals surface area contributed by atoms with Gasteiger partial charge in [-0.25, -0.2) is 5.10 Å². The highest BCUT2D eigenvalue weighted by molar-refractivity contribution is 5.51. The van der Waals surface area contributed by atoms with Gasteiger partial charge in [-0.05, 0) is 34.9 Å². The third-order valence-corrected chi connectivity index (χ3v) is 2.20. The second-order valence-corrected chi connectivity index (χ2v) is 4.07. The third kappa shape index (κ3) is 2.16. The fourth-order valence-electron chi connectivity index (χ4n) is 1.53. The Hall–Kier alpha value is -1.98. The minimum atomic E-state index is -0.170. The first-order valence-electron chi connectivity index (χ1n) is 5.13. The molecule has 2 N–H and O–H groups in total. The maximum Gasteiger partial charge on any atom is 0.259 e. The fourth-order valence-corrected chi connectivity index (χ4v) is 1.53. The normalized spacial score (nSPS) is 10.9. The third-order valence-electron chi connectivity index (χ3n) is 2.20. The van der Waals surface area contributed by atoms with E-state index in [2.05, 4.69) is 39.5 Å². The Morgan fingerprint density at radius 1 is 1.38 bits per heavy atom. The molecule has 0 unspecified atom stereocenters. The first-order chi connectivity index (χ1) is 7.66. The Labute approximate surface area is 92.1 Å². The molecule has 0 fully saturated rings. The smallest absolute Gasteiger partial charge is 0.259 e. The summed E-state index contributed by atoms with van der Waals surface area (Å²) in [7, 11) is 0. The monoisotopic (exact) mass is 219 g/mol. The number of rotatable bonds is 3. The fraction of sp³-hybridized carbons (Fsp3) is 0.400. The van der Waals surface area contributed by atoms with Gasteiger partial charge in [0, 0.05) is 5.69 Å². The SMILES string of the molecule is CC(C)Cc1ccc(-c2nnn[nH]2)c(=O)[nH]1. The zero-order valence-electron chi connectivity index (χ0n) is 9.19. The summed E-state index contributed by atoms with van der Waals surface area (Å²) in [6.45, 7) is 4.21. The van der Waals surface area contributed by atoms with Crippen LogP contribution in [0.1, 0.15) is 19.5 Å². The summed E-state index contributed by atoms with van der Waals surface area (Å²) >= 11 is 0. The number of aromatic nitrogens is 5. The molecule has 0 atom stereocenters. The van der Waals surface area contributed by atoms with Crippen LogP contribution in [0.5, 0.6) is 0 Å². The van der Waals surface area contributed by atoms with Crippen molar-refractivity contribution in [3.8, 4) is 11.4 Å². The molecule has 2 aromatic rings. The zero-order valence-corrected chi connectivity index (χ0v) is 9.19. The van der Waals surface area contributed by atoms with Gasteiger partial charge in [-0.1, -0.05) is 13.8 Å². The van der Waals surface area contributed by atoms with E-state index < -0.39 is 0 Å². The van der Waals surface area contributed by atoms with E-state index in [0.717, 1.165) is 12.1 Å². The molecule has 0 aliphatic rings. The van der Waals surface area contributed by atoms with E-state index in [1.165, 1.54) is 0 Å². The molecule has 84 valence electrons. The van der Waals surface area contributed by atoms with E-state index in [0.29, 0.717) is 17.3 Å². The maximum absolute atomic E-state index is 11.7. The average Bonchev–Trinajstić information content (AvgIpc) is 2.69. The lowest BCUT2D eigenvalue weighted by atomic mass is 10.1. The number of H-pyrrole nitrogens is 2. The van der Waals surface area contributed by atoms with Gasteiger partial charge in [0.1, 0.15) is 0 Å². The minimum Gasteiger partial charge on any atom is -0.326 e. The molecule has 0 saturated carbocycles. The Morgan fingerprint density at radius 3 is 2.75 bits per heavy atom. The van der Waals surface area contributed by atoms with Crippen LogP contribution in [0.2, 0.25) is 0 Å². The van der Waals surface area contributed by atoms with Crippen molar-refractivity contribution in [2.45, 2.75) is 20.3 Å². The van der Waals surface area contributed by atoms with Crippen molar-refractivity contribution < 1.29 is 0 Å². The molecule has 0 saturated heterocycles. The van der Waals surface area contributed by atoms with Crippen molar-refractivity contribution in [1.29, 1.82) is 0 Å². The van der Waals surface area contributed by atoms with Crippen LogP contribution < -0.4 is 5.56 Å². The van der Waals surface area contributed by atoms with Crippen LogP contribution in [0.4, 0.5) is 0 Å². The summed E-state index contributed by atoms with van der Waals surface area (Å²) < 4.78 is 0. The Balaban J connectivity index is 2.34. The second kappa shape index (κ2) is 4.26. The van der Waals surface area contributed by atoms with E-state index in [4.69, 9.17) is 0 Å². The van der Waals surface area contributed by atoms with Crippen molar-refractivity contribution in [2.24, 2.45) is 5.92 Å². The van der Waals surface area contributed by atoms with Crippen molar-refractivity contribution in [3.63, 3.8) is 0 Å². The molecule has 0 amide bonds. The van der Waals surface area contributed by atoms with Gasteiger partial charge in [-0.2, -0.15) is 0 Å². The Morgan fingerprint density at radius 2 is 2.19 bits per heavy atom. The summed E-state index contributed by atoms with van der Waals surface area (Å²) in [5.41, 5.74) is 1.21. The molecule has 0 radical (unpaired) electrons. The molecular weight excluding hydrogens is 206 g/mol. The van der Waals surface area contributed by atoms with Gasteiger partial charge < -0.3 is 4.98 Å². The summed E-state index contributed by atoms with van der Waals surface area (Å²) in [5, 5.41) is 13.1. The van der Waals surface area contributed by atoms with Crippen LogP contribution in [-0.2, 0) is 6.42 Å². The van der Waals surface area contributed by atoms with E-state index in [-0.39, 0.29) is 5.56 Å². The predicted molar refractivity (Wildman–Crippen MR) is 58.8 cm³/mol. The van der Waals surface area contributed by atoms with Gasteiger partial charge in [-0.3, -0.25) is 4.79 Å². The summed E-state index contributed by atoms with van der Waals surface area (Å²) in [4.78, 5) is 14.6. The lowest BCUT2D eigenvalue weighted by Crippen LogP contribution is -2.13. The molecule has 0 bridgehead atoms. The number of aromatic amines is 2. The van der Waals surface area contributed by atoms with E-state index >= 15 is 0 Å². The van der Waals surface area contributed by atoms with Crippen molar-refractivity contribution in [1.82, 2.24) is 25.6 Å². The minimum absolute atomic E-state index is 0.170. The number of nitrogens with zero attached hydrogens (tertiary/aromatic N) is 3. The molecule has 2 aromatic heterocycles. The van der Waals surface area contributed by atoms with Crippen molar-refractivity contribution >= 4 is 0 Å². The topological polar surface area (TPSA) is 87.3 Å².